The van der Waals surface area contributed by atoms with Crippen molar-refractivity contribution < 1.29 is 9.90 Å². The summed E-state index contributed by atoms with van der Waals surface area (Å²) in [6, 6.07) is 0.192. The molecule has 6 rings (SSSR count). The Kier molecular flexibility index (Phi) is 3.75. The zero-order chi connectivity index (χ0) is 17.9. The van der Waals surface area contributed by atoms with Crippen LogP contribution < -0.4 is 10.6 Å². The molecule has 0 aliphatic heterocycles. The van der Waals surface area contributed by atoms with Gasteiger partial charge in [0.15, 0.2) is 0 Å². The van der Waals surface area contributed by atoms with Gasteiger partial charge in [0.1, 0.15) is 0 Å². The Morgan fingerprint density at radius 2 is 1.96 bits per heavy atom. The molecular formula is C20H28N4O2. The topological polar surface area (TPSA) is 87.1 Å². The molecule has 6 heteroatoms. The molecule has 0 aromatic carbocycles. The molecule has 2 atom stereocenters. The highest BCUT2D eigenvalue weighted by molar-refractivity contribution is 5.95. The second-order valence-electron chi connectivity index (χ2n) is 9.06. The van der Waals surface area contributed by atoms with E-state index in [1.54, 1.807) is 13.2 Å². The maximum Gasteiger partial charge on any atom is 0.254 e. The van der Waals surface area contributed by atoms with Crippen molar-refractivity contribution in [1.82, 2.24) is 15.3 Å². The van der Waals surface area contributed by atoms with Gasteiger partial charge in [0.2, 0.25) is 5.95 Å². The van der Waals surface area contributed by atoms with Crippen LogP contribution >= 0.6 is 0 Å². The number of hydrogen-bond donors (Lipinski definition) is 3. The fourth-order valence-corrected chi connectivity index (χ4v) is 6.13. The summed E-state index contributed by atoms with van der Waals surface area (Å²) >= 11 is 0. The first-order chi connectivity index (χ1) is 12.5. The molecule has 1 heterocycles. The lowest BCUT2D eigenvalue weighted by Gasteiger charge is -2.58. The summed E-state index contributed by atoms with van der Waals surface area (Å²) in [5.41, 5.74) is 1.07. The lowest BCUT2D eigenvalue weighted by Crippen LogP contribution is -2.61. The molecule has 6 nitrogen and oxygen atoms in total. The maximum atomic E-state index is 13.1. The Balaban J connectivity index is 1.38. The van der Waals surface area contributed by atoms with Crippen molar-refractivity contribution in [1.29, 1.82) is 0 Å². The zero-order valence-corrected chi connectivity index (χ0v) is 15.4. The highest BCUT2D eigenvalue weighted by atomic mass is 16.3. The van der Waals surface area contributed by atoms with Crippen molar-refractivity contribution in [2.45, 2.75) is 68.9 Å². The number of nitrogens with one attached hydrogen (secondary N) is 2. The molecule has 140 valence electrons. The van der Waals surface area contributed by atoms with Gasteiger partial charge in [-0.1, -0.05) is 6.42 Å². The highest BCUT2D eigenvalue weighted by Crippen LogP contribution is 2.55. The average molecular weight is 356 g/mol. The van der Waals surface area contributed by atoms with Crippen LogP contribution in [0.2, 0.25) is 0 Å². The summed E-state index contributed by atoms with van der Waals surface area (Å²) in [6.07, 6.45) is 10.0. The number of aromatic nitrogens is 2. The van der Waals surface area contributed by atoms with Gasteiger partial charge in [0.05, 0.1) is 16.9 Å². The number of aliphatic hydroxyl groups is 1. The van der Waals surface area contributed by atoms with E-state index in [1.807, 2.05) is 0 Å². The third kappa shape index (κ3) is 2.61. The number of carbonyl (C=O) groups is 1. The first-order valence-electron chi connectivity index (χ1n) is 10.1. The molecule has 0 spiro atoms. The van der Waals surface area contributed by atoms with Crippen molar-refractivity contribution in [2.75, 3.05) is 12.4 Å². The lowest BCUT2D eigenvalue weighted by atomic mass is 9.52. The predicted octanol–water partition coefficient (Wildman–Crippen LogP) is 2.46. The minimum absolute atomic E-state index is 0.0287. The molecule has 5 aliphatic rings. The normalized spacial score (nSPS) is 38.1. The zero-order valence-electron chi connectivity index (χ0n) is 15.4. The third-order valence-corrected chi connectivity index (χ3v) is 7.32. The number of anilines is 1. The van der Waals surface area contributed by atoms with Crippen LogP contribution in [0.4, 0.5) is 5.95 Å². The summed E-state index contributed by atoms with van der Waals surface area (Å²) in [5, 5.41) is 17.1. The summed E-state index contributed by atoms with van der Waals surface area (Å²) in [4.78, 5) is 22.0. The van der Waals surface area contributed by atoms with Crippen molar-refractivity contribution in [2.24, 2.45) is 17.8 Å². The Bertz CT molecular complexity index is 717. The van der Waals surface area contributed by atoms with Crippen molar-refractivity contribution in [3.63, 3.8) is 0 Å². The fraction of sp³-hybridized carbons (Fsp3) is 0.750. The number of nitrogens with zero attached hydrogens (tertiary/aromatic N) is 2. The van der Waals surface area contributed by atoms with Crippen LogP contribution in [0.1, 0.15) is 73.3 Å². The van der Waals surface area contributed by atoms with Gasteiger partial charge in [-0.05, 0) is 62.7 Å². The van der Waals surface area contributed by atoms with E-state index >= 15 is 0 Å². The Morgan fingerprint density at radius 3 is 2.54 bits per heavy atom. The van der Waals surface area contributed by atoms with Crippen LogP contribution in [0, 0.1) is 17.8 Å². The molecule has 1 aromatic heterocycles. The minimum atomic E-state index is -0.466. The number of amides is 1. The van der Waals surface area contributed by atoms with Crippen LogP contribution in [0.5, 0.6) is 0 Å². The summed E-state index contributed by atoms with van der Waals surface area (Å²) in [6.45, 7) is 0. The van der Waals surface area contributed by atoms with Gasteiger partial charge in [-0.2, -0.15) is 0 Å². The van der Waals surface area contributed by atoms with E-state index in [4.69, 9.17) is 0 Å². The maximum absolute atomic E-state index is 13.1. The summed E-state index contributed by atoms with van der Waals surface area (Å²) < 4.78 is 0. The molecular weight excluding hydrogens is 328 g/mol. The molecule has 0 radical (unpaired) electrons. The SMILES string of the molecule is CNc1ncc(C(=O)NC2C3CC4CC2CC(O)(C4)C3)c(C2CCC2)n1. The van der Waals surface area contributed by atoms with Gasteiger partial charge in [0.25, 0.3) is 5.91 Å². The van der Waals surface area contributed by atoms with Gasteiger partial charge in [-0.15, -0.1) is 0 Å². The molecule has 3 N–H and O–H groups in total. The van der Waals surface area contributed by atoms with Crippen molar-refractivity contribution in [3.05, 3.63) is 17.5 Å². The van der Waals surface area contributed by atoms with Gasteiger partial charge in [-0.25, -0.2) is 9.97 Å². The van der Waals surface area contributed by atoms with E-state index in [0.29, 0.717) is 35.2 Å². The average Bonchev–Trinajstić information content (AvgIpc) is 2.55. The van der Waals surface area contributed by atoms with Crippen molar-refractivity contribution >= 4 is 11.9 Å². The Hall–Kier alpha value is -1.69. The standard InChI is InChI=1S/C20H28N4O2/c1-21-19-22-10-15(17(24-19)12-3-2-4-12)18(25)23-16-13-5-11-6-14(16)9-20(26,7-11)8-13/h10-14,16,26H,2-9H2,1H3,(H,23,25)(H,21,22,24). The van der Waals surface area contributed by atoms with E-state index in [-0.39, 0.29) is 11.9 Å². The Labute approximate surface area is 154 Å². The molecule has 2 unspecified atom stereocenters. The van der Waals surface area contributed by atoms with Gasteiger partial charge < -0.3 is 15.7 Å². The minimum Gasteiger partial charge on any atom is -0.390 e. The third-order valence-electron chi connectivity index (χ3n) is 7.32. The number of carbonyl (C=O) groups excluding carboxylic acids is 1. The quantitative estimate of drug-likeness (QED) is 0.771. The van der Waals surface area contributed by atoms with E-state index in [2.05, 4.69) is 20.6 Å². The van der Waals surface area contributed by atoms with Crippen LogP contribution in [-0.2, 0) is 0 Å². The van der Waals surface area contributed by atoms with E-state index in [0.717, 1.165) is 50.6 Å². The molecule has 1 aromatic rings. The van der Waals surface area contributed by atoms with Crippen LogP contribution in [0.3, 0.4) is 0 Å². The molecule has 4 bridgehead atoms. The Morgan fingerprint density at radius 1 is 1.23 bits per heavy atom. The van der Waals surface area contributed by atoms with E-state index < -0.39 is 5.60 Å². The first kappa shape index (κ1) is 16.5. The summed E-state index contributed by atoms with van der Waals surface area (Å²) in [7, 11) is 1.80. The predicted molar refractivity (Wildman–Crippen MR) is 97.9 cm³/mol. The van der Waals surface area contributed by atoms with Crippen LogP contribution in [-0.4, -0.2) is 39.7 Å². The van der Waals surface area contributed by atoms with Crippen LogP contribution in [0.25, 0.3) is 0 Å². The first-order valence-corrected chi connectivity index (χ1v) is 10.1. The van der Waals surface area contributed by atoms with Gasteiger partial charge in [0, 0.05) is 25.2 Å². The van der Waals surface area contributed by atoms with Gasteiger partial charge >= 0.3 is 0 Å². The monoisotopic (exact) mass is 356 g/mol. The number of rotatable bonds is 4. The molecule has 5 saturated carbocycles. The van der Waals surface area contributed by atoms with Crippen LogP contribution in [0.15, 0.2) is 6.20 Å². The molecule has 1 amide bonds. The number of hydrogen-bond acceptors (Lipinski definition) is 5. The second kappa shape index (κ2) is 5.91. The summed E-state index contributed by atoms with van der Waals surface area (Å²) in [5.74, 6) is 2.42. The smallest absolute Gasteiger partial charge is 0.254 e. The largest absolute Gasteiger partial charge is 0.390 e. The molecule has 5 fully saturated rings. The van der Waals surface area contributed by atoms with E-state index in [1.165, 1.54) is 6.42 Å². The van der Waals surface area contributed by atoms with Gasteiger partial charge in [-0.3, -0.25) is 4.79 Å². The van der Waals surface area contributed by atoms with Crippen molar-refractivity contribution in [3.8, 4) is 0 Å². The molecule has 26 heavy (non-hydrogen) atoms. The lowest BCUT2D eigenvalue weighted by molar-refractivity contribution is -0.136. The molecule has 0 saturated heterocycles. The highest BCUT2D eigenvalue weighted by Gasteiger charge is 2.55. The second-order valence-corrected chi connectivity index (χ2v) is 9.06. The van der Waals surface area contributed by atoms with E-state index in [9.17, 15) is 9.90 Å². The molecule has 5 aliphatic carbocycles. The fourth-order valence-electron chi connectivity index (χ4n) is 6.13.